The standard InChI is InChI=1S/C27H32N2O6/c1-4-26(2,23(30)29-13-14-35-27(3,17-29)24(31)32)16-28-25(33)34-15-22-20-11-7-5-9-18(20)19-10-6-8-12-21(19)22/h5-12,22H,4,13-17H2,1-3H3,(H,28,33)(H,31,32). The Morgan fingerprint density at radius 3 is 2.31 bits per heavy atom. The maximum atomic E-state index is 13.3. The molecule has 8 heteroatoms. The summed E-state index contributed by atoms with van der Waals surface area (Å²) in [6, 6.07) is 16.2. The fourth-order valence-corrected chi connectivity index (χ4v) is 4.82. The van der Waals surface area contributed by atoms with E-state index in [0.29, 0.717) is 13.0 Å². The molecule has 2 N–H and O–H groups in total. The molecule has 0 aromatic heterocycles. The fourth-order valence-electron chi connectivity index (χ4n) is 4.82. The van der Waals surface area contributed by atoms with Crippen LogP contribution in [0.2, 0.25) is 0 Å². The zero-order chi connectivity index (χ0) is 25.2. The number of carboxylic acids is 1. The number of carbonyl (C=O) groups excluding carboxylic acids is 2. The van der Waals surface area contributed by atoms with Gasteiger partial charge < -0.3 is 24.8 Å². The Morgan fingerprint density at radius 2 is 1.74 bits per heavy atom. The summed E-state index contributed by atoms with van der Waals surface area (Å²) in [5.74, 6) is -1.37. The highest BCUT2D eigenvalue weighted by molar-refractivity contribution is 5.85. The molecule has 2 atom stereocenters. The number of benzene rings is 2. The van der Waals surface area contributed by atoms with Crippen LogP contribution in [0.25, 0.3) is 11.1 Å². The van der Waals surface area contributed by atoms with Crippen molar-refractivity contribution >= 4 is 18.0 Å². The Labute approximate surface area is 205 Å². The second-order valence-corrected chi connectivity index (χ2v) is 9.70. The number of hydrogen-bond acceptors (Lipinski definition) is 5. The van der Waals surface area contributed by atoms with Gasteiger partial charge in [0, 0.05) is 19.0 Å². The van der Waals surface area contributed by atoms with Crippen molar-refractivity contribution in [1.82, 2.24) is 10.2 Å². The molecule has 1 heterocycles. The van der Waals surface area contributed by atoms with E-state index in [1.165, 1.54) is 11.8 Å². The molecule has 186 valence electrons. The van der Waals surface area contributed by atoms with Gasteiger partial charge in [-0.25, -0.2) is 9.59 Å². The van der Waals surface area contributed by atoms with Crippen LogP contribution in [-0.4, -0.2) is 66.4 Å². The van der Waals surface area contributed by atoms with Crippen LogP contribution in [0.15, 0.2) is 48.5 Å². The molecule has 2 amide bonds. The molecule has 1 saturated heterocycles. The van der Waals surface area contributed by atoms with Crippen LogP contribution in [0.5, 0.6) is 0 Å². The smallest absolute Gasteiger partial charge is 0.407 e. The number of amides is 2. The molecule has 4 rings (SSSR count). The number of nitrogens with zero attached hydrogens (tertiary/aromatic N) is 1. The highest BCUT2D eigenvalue weighted by atomic mass is 16.5. The third kappa shape index (κ3) is 4.75. The number of aliphatic carboxylic acids is 1. The first kappa shape index (κ1) is 24.7. The van der Waals surface area contributed by atoms with Crippen LogP contribution in [0.3, 0.4) is 0 Å². The lowest BCUT2D eigenvalue weighted by Gasteiger charge is -2.41. The van der Waals surface area contributed by atoms with Gasteiger partial charge in [0.15, 0.2) is 5.60 Å². The van der Waals surface area contributed by atoms with Crippen LogP contribution in [0.4, 0.5) is 4.79 Å². The van der Waals surface area contributed by atoms with Gasteiger partial charge in [-0.15, -0.1) is 0 Å². The van der Waals surface area contributed by atoms with E-state index < -0.39 is 23.1 Å². The van der Waals surface area contributed by atoms with Crippen molar-refractivity contribution in [3.05, 3.63) is 59.7 Å². The molecule has 1 aliphatic heterocycles. The monoisotopic (exact) mass is 480 g/mol. The minimum absolute atomic E-state index is 0.0400. The highest BCUT2D eigenvalue weighted by Crippen LogP contribution is 2.44. The van der Waals surface area contributed by atoms with E-state index in [2.05, 4.69) is 29.6 Å². The summed E-state index contributed by atoms with van der Waals surface area (Å²) in [6.45, 7) is 5.79. The quantitative estimate of drug-likeness (QED) is 0.627. The minimum Gasteiger partial charge on any atom is -0.479 e. The number of rotatable bonds is 7. The largest absolute Gasteiger partial charge is 0.479 e. The highest BCUT2D eigenvalue weighted by Gasteiger charge is 2.44. The number of ether oxygens (including phenoxy) is 2. The number of alkyl carbamates (subject to hydrolysis) is 1. The number of morpholine rings is 1. The van der Waals surface area contributed by atoms with Crippen molar-refractivity contribution in [2.24, 2.45) is 5.41 Å². The zero-order valence-corrected chi connectivity index (χ0v) is 20.4. The van der Waals surface area contributed by atoms with E-state index in [1.54, 1.807) is 6.92 Å². The molecule has 2 aliphatic rings. The Bertz CT molecular complexity index is 1090. The molecule has 1 fully saturated rings. The van der Waals surface area contributed by atoms with Gasteiger partial charge >= 0.3 is 12.1 Å². The Hall–Kier alpha value is -3.39. The summed E-state index contributed by atoms with van der Waals surface area (Å²) in [5.41, 5.74) is 2.22. The van der Waals surface area contributed by atoms with Crippen molar-refractivity contribution in [3.63, 3.8) is 0 Å². The fraction of sp³-hybridized carbons (Fsp3) is 0.444. The van der Waals surface area contributed by atoms with Gasteiger partial charge in [0.1, 0.15) is 6.61 Å². The first-order chi connectivity index (χ1) is 16.7. The molecule has 0 saturated carbocycles. The van der Waals surface area contributed by atoms with Gasteiger partial charge in [-0.1, -0.05) is 55.5 Å². The van der Waals surface area contributed by atoms with Crippen LogP contribution in [-0.2, 0) is 19.1 Å². The number of nitrogens with one attached hydrogen (secondary N) is 1. The summed E-state index contributed by atoms with van der Waals surface area (Å²) < 4.78 is 11.0. The summed E-state index contributed by atoms with van der Waals surface area (Å²) in [5, 5.41) is 12.2. The summed E-state index contributed by atoms with van der Waals surface area (Å²) in [4.78, 5) is 39.0. The maximum Gasteiger partial charge on any atom is 0.407 e. The Morgan fingerprint density at radius 1 is 1.14 bits per heavy atom. The molecule has 2 aromatic carbocycles. The summed E-state index contributed by atoms with van der Waals surface area (Å²) in [6.07, 6.45) is -0.118. The van der Waals surface area contributed by atoms with E-state index in [4.69, 9.17) is 9.47 Å². The van der Waals surface area contributed by atoms with Crippen molar-refractivity contribution < 1.29 is 29.0 Å². The summed E-state index contributed by atoms with van der Waals surface area (Å²) >= 11 is 0. The normalized spacial score (nSPS) is 20.9. The van der Waals surface area contributed by atoms with Crippen molar-refractivity contribution in [1.29, 1.82) is 0 Å². The molecule has 1 aliphatic carbocycles. The van der Waals surface area contributed by atoms with Crippen LogP contribution in [0, 0.1) is 5.41 Å². The lowest BCUT2D eigenvalue weighted by molar-refractivity contribution is -0.179. The third-order valence-electron chi connectivity index (χ3n) is 7.28. The number of carboxylic acid groups (broad SMARTS) is 1. The van der Waals surface area contributed by atoms with Gasteiger partial charge in [-0.2, -0.15) is 0 Å². The molecule has 8 nitrogen and oxygen atoms in total. The SMILES string of the molecule is CCC(C)(CNC(=O)OCC1c2ccccc2-c2ccccc21)C(=O)N1CCOC(C)(C(=O)O)C1. The lowest BCUT2D eigenvalue weighted by atomic mass is 9.85. The second kappa shape index (κ2) is 9.70. The van der Waals surface area contributed by atoms with Gasteiger partial charge in [0.2, 0.25) is 5.91 Å². The number of carbonyl (C=O) groups is 3. The van der Waals surface area contributed by atoms with E-state index in [1.807, 2.05) is 31.2 Å². The number of hydrogen-bond donors (Lipinski definition) is 2. The molecular weight excluding hydrogens is 448 g/mol. The second-order valence-electron chi connectivity index (χ2n) is 9.70. The van der Waals surface area contributed by atoms with Crippen LogP contribution in [0.1, 0.15) is 44.2 Å². The van der Waals surface area contributed by atoms with Gasteiger partial charge in [0.25, 0.3) is 0 Å². The summed E-state index contributed by atoms with van der Waals surface area (Å²) in [7, 11) is 0. The van der Waals surface area contributed by atoms with E-state index in [-0.39, 0.29) is 38.1 Å². The maximum absolute atomic E-state index is 13.3. The number of fused-ring (bicyclic) bond motifs is 3. The first-order valence-corrected chi connectivity index (χ1v) is 11.9. The molecule has 0 bridgehead atoms. The molecule has 2 aromatic rings. The topological polar surface area (TPSA) is 105 Å². The molecule has 0 radical (unpaired) electrons. The van der Waals surface area contributed by atoms with Crippen molar-refractivity contribution in [2.75, 3.05) is 32.8 Å². The predicted octanol–water partition coefficient (Wildman–Crippen LogP) is 3.64. The average Bonchev–Trinajstić information content (AvgIpc) is 3.19. The Kier molecular flexibility index (Phi) is 6.85. The van der Waals surface area contributed by atoms with Gasteiger partial charge in [-0.3, -0.25) is 4.79 Å². The molecule has 2 unspecified atom stereocenters. The minimum atomic E-state index is -1.44. The lowest BCUT2D eigenvalue weighted by Crippen LogP contribution is -2.59. The predicted molar refractivity (Wildman–Crippen MR) is 130 cm³/mol. The van der Waals surface area contributed by atoms with Crippen molar-refractivity contribution in [2.45, 2.75) is 38.7 Å². The van der Waals surface area contributed by atoms with Crippen molar-refractivity contribution in [3.8, 4) is 11.1 Å². The van der Waals surface area contributed by atoms with E-state index in [0.717, 1.165) is 22.3 Å². The first-order valence-electron chi connectivity index (χ1n) is 11.9. The van der Waals surface area contributed by atoms with Crippen LogP contribution >= 0.6 is 0 Å². The van der Waals surface area contributed by atoms with Crippen LogP contribution < -0.4 is 5.32 Å². The van der Waals surface area contributed by atoms with E-state index in [9.17, 15) is 19.5 Å². The zero-order valence-electron chi connectivity index (χ0n) is 20.4. The molecule has 35 heavy (non-hydrogen) atoms. The average molecular weight is 481 g/mol. The van der Waals surface area contributed by atoms with E-state index >= 15 is 0 Å². The van der Waals surface area contributed by atoms with Gasteiger partial charge in [-0.05, 0) is 42.5 Å². The third-order valence-corrected chi connectivity index (χ3v) is 7.28. The molecule has 0 spiro atoms. The van der Waals surface area contributed by atoms with Gasteiger partial charge in [0.05, 0.1) is 18.6 Å². The Balaban J connectivity index is 1.37. The molecular formula is C27H32N2O6.